The molecule has 13 nitrogen and oxygen atoms in total. The maximum Gasteiger partial charge on any atom is 0.217 e. The van der Waals surface area contributed by atoms with Gasteiger partial charge in [-0.2, -0.15) is 0 Å². The van der Waals surface area contributed by atoms with E-state index in [-0.39, 0.29) is 52.2 Å². The van der Waals surface area contributed by atoms with E-state index in [9.17, 15) is 15.0 Å². The van der Waals surface area contributed by atoms with Gasteiger partial charge in [-0.15, -0.1) is 0 Å². The second kappa shape index (κ2) is 22.9. The minimum atomic E-state index is -1.39. The van der Waals surface area contributed by atoms with Gasteiger partial charge in [-0.05, 0) is 22.3 Å². The fraction of sp³-hybridized carbons (Fsp3) is 0.444. The molecule has 4 aromatic rings. The van der Waals surface area contributed by atoms with Crippen molar-refractivity contribution in [2.24, 2.45) is 0 Å². The van der Waals surface area contributed by atoms with E-state index in [2.05, 4.69) is 5.32 Å². The summed E-state index contributed by atoms with van der Waals surface area (Å²) in [6.07, 6.45) is -8.96. The molecule has 58 heavy (non-hydrogen) atoms. The predicted octanol–water partition coefficient (Wildman–Crippen LogP) is 4.32. The quantitative estimate of drug-likeness (QED) is 0.103. The van der Waals surface area contributed by atoms with Gasteiger partial charge in [0.2, 0.25) is 5.91 Å². The molecule has 2 fully saturated rings. The van der Waals surface area contributed by atoms with Gasteiger partial charge in [0.15, 0.2) is 12.6 Å². The summed E-state index contributed by atoms with van der Waals surface area (Å²) in [5.41, 5.74) is 3.69. The van der Waals surface area contributed by atoms with Crippen LogP contribution in [0.15, 0.2) is 121 Å². The zero-order valence-corrected chi connectivity index (χ0v) is 33.0. The largest absolute Gasteiger partial charge is 0.394 e. The summed E-state index contributed by atoms with van der Waals surface area (Å²) >= 11 is 0. The van der Waals surface area contributed by atoms with Gasteiger partial charge in [-0.3, -0.25) is 4.79 Å². The third-order valence-corrected chi connectivity index (χ3v) is 9.92. The number of nitrogens with one attached hydrogen (secondary N) is 1. The summed E-state index contributed by atoms with van der Waals surface area (Å²) in [4.78, 5) is 12.6. The first kappa shape index (κ1) is 43.5. The summed E-state index contributed by atoms with van der Waals surface area (Å²) in [6, 6.07) is 37.9. The van der Waals surface area contributed by atoms with Crippen molar-refractivity contribution in [3.05, 3.63) is 144 Å². The molecule has 0 unspecified atom stereocenters. The van der Waals surface area contributed by atoms with E-state index in [1.165, 1.54) is 14.0 Å². The van der Waals surface area contributed by atoms with Crippen molar-refractivity contribution in [3.63, 3.8) is 0 Å². The summed E-state index contributed by atoms with van der Waals surface area (Å²) in [5, 5.41) is 24.8. The Morgan fingerprint density at radius 2 is 1.05 bits per heavy atom. The Labute approximate surface area is 340 Å². The van der Waals surface area contributed by atoms with Crippen molar-refractivity contribution in [1.29, 1.82) is 0 Å². The normalized spacial score (nSPS) is 27.2. The minimum absolute atomic E-state index is 0.0355. The van der Waals surface area contributed by atoms with Crippen LogP contribution in [0.25, 0.3) is 0 Å². The highest BCUT2D eigenvalue weighted by Crippen LogP contribution is 2.34. The molecule has 2 aliphatic rings. The number of methoxy groups -OCH3 is 1. The number of benzene rings is 4. The summed E-state index contributed by atoms with van der Waals surface area (Å²) in [6.45, 7) is 2.11. The highest BCUT2D eigenvalue weighted by molar-refractivity contribution is 5.73. The Kier molecular flexibility index (Phi) is 17.2. The van der Waals surface area contributed by atoms with Crippen LogP contribution in [0.3, 0.4) is 0 Å². The van der Waals surface area contributed by atoms with Crippen LogP contribution in [-0.4, -0.2) is 111 Å². The van der Waals surface area contributed by atoms with E-state index >= 15 is 0 Å². The molecule has 2 heterocycles. The number of hydrogen-bond acceptors (Lipinski definition) is 12. The van der Waals surface area contributed by atoms with Gasteiger partial charge in [0.05, 0.1) is 52.9 Å². The molecule has 2 aliphatic heterocycles. The van der Waals surface area contributed by atoms with Crippen LogP contribution in [-0.2, 0) is 73.9 Å². The first-order valence-corrected chi connectivity index (χ1v) is 19.6. The van der Waals surface area contributed by atoms with Crippen LogP contribution < -0.4 is 5.32 Å². The number of rotatable bonds is 21. The van der Waals surface area contributed by atoms with Crippen LogP contribution in [0.4, 0.5) is 0 Å². The van der Waals surface area contributed by atoms with Gasteiger partial charge < -0.3 is 58.2 Å². The molecule has 3 N–H and O–H groups in total. The van der Waals surface area contributed by atoms with E-state index in [0.717, 1.165) is 22.3 Å². The average molecular weight is 802 g/mol. The van der Waals surface area contributed by atoms with Crippen molar-refractivity contribution in [2.45, 2.75) is 94.7 Å². The first-order chi connectivity index (χ1) is 28.4. The van der Waals surface area contributed by atoms with Crippen LogP contribution in [0.1, 0.15) is 29.2 Å². The number of carbonyl (C=O) groups is 1. The van der Waals surface area contributed by atoms with Crippen LogP contribution in [0.2, 0.25) is 0 Å². The zero-order valence-electron chi connectivity index (χ0n) is 33.0. The molecular weight excluding hydrogens is 746 g/mol. The van der Waals surface area contributed by atoms with Crippen molar-refractivity contribution in [3.8, 4) is 0 Å². The lowest BCUT2D eigenvalue weighted by atomic mass is 9.94. The monoisotopic (exact) mass is 801 g/mol. The van der Waals surface area contributed by atoms with Gasteiger partial charge >= 0.3 is 0 Å². The van der Waals surface area contributed by atoms with E-state index in [0.29, 0.717) is 6.61 Å². The lowest BCUT2D eigenvalue weighted by Gasteiger charge is -2.49. The molecule has 1 amide bonds. The Bertz CT molecular complexity index is 1740. The van der Waals surface area contributed by atoms with Gasteiger partial charge in [0.25, 0.3) is 0 Å². The molecule has 2 saturated heterocycles. The van der Waals surface area contributed by atoms with Gasteiger partial charge in [-0.25, -0.2) is 0 Å². The van der Waals surface area contributed by atoms with Crippen LogP contribution in [0.5, 0.6) is 0 Å². The fourth-order valence-electron chi connectivity index (χ4n) is 7.11. The molecule has 13 heteroatoms. The topological polar surface area (TPSA) is 153 Å². The summed E-state index contributed by atoms with van der Waals surface area (Å²) in [7, 11) is 1.47. The number of aliphatic hydroxyl groups is 2. The highest BCUT2D eigenvalue weighted by atomic mass is 16.7. The fourth-order valence-corrected chi connectivity index (χ4v) is 7.11. The zero-order chi connectivity index (χ0) is 40.5. The van der Waals surface area contributed by atoms with E-state index in [4.69, 9.17) is 42.6 Å². The molecule has 4 aromatic carbocycles. The van der Waals surface area contributed by atoms with E-state index < -0.39 is 61.3 Å². The second-order valence-corrected chi connectivity index (χ2v) is 14.2. The molecule has 0 spiro atoms. The Balaban J connectivity index is 1.33. The number of hydrogen-bond donors (Lipinski definition) is 3. The number of amides is 1. The highest BCUT2D eigenvalue weighted by Gasteiger charge is 2.53. The van der Waals surface area contributed by atoms with E-state index in [1.807, 2.05) is 121 Å². The van der Waals surface area contributed by atoms with Crippen LogP contribution >= 0.6 is 0 Å². The molecular formula is C45H55NO12. The summed E-state index contributed by atoms with van der Waals surface area (Å²) < 4.78 is 57.4. The Morgan fingerprint density at radius 1 is 0.603 bits per heavy atom. The molecule has 0 aromatic heterocycles. The smallest absolute Gasteiger partial charge is 0.217 e. The Hall–Kier alpha value is -4.09. The standard InChI is InChI=1S/C45H55NO12/c1-31(48)46-38-42(54-27-34-19-11-5-12-20-34)41(37(29-51-24-23-47)56-44(38)50-2)58-45-39(49)43(55-28-35-21-13-6-14-22-35)40(53-26-33-17-9-4-10-18-33)36(57-45)30-52-25-32-15-7-3-8-16-32/h3-22,36-45,47,49H,23-30H2,1-2H3,(H,46,48)/t36-,37-,38-,39-,40+,41-,42-,43-,44-,45+/m1/s1. The van der Waals surface area contributed by atoms with E-state index in [1.54, 1.807) is 0 Å². The molecule has 0 bridgehead atoms. The minimum Gasteiger partial charge on any atom is -0.394 e. The SMILES string of the molecule is CO[C@@H]1O[C@H](COCCO)[C@@H](O[C@@H]2O[C@H](COCc3ccccc3)[C@H](OCc3ccccc3)[C@H](OCc3ccccc3)[C@H]2O)[C@H](OCc2ccccc2)[C@H]1NC(C)=O. The molecule has 10 atom stereocenters. The van der Waals surface area contributed by atoms with Gasteiger partial charge in [0, 0.05) is 14.0 Å². The first-order valence-electron chi connectivity index (χ1n) is 19.6. The lowest BCUT2D eigenvalue weighted by Crippen LogP contribution is -2.68. The molecule has 0 radical (unpaired) electrons. The lowest BCUT2D eigenvalue weighted by molar-refractivity contribution is -0.359. The molecule has 0 saturated carbocycles. The van der Waals surface area contributed by atoms with Gasteiger partial charge in [0.1, 0.15) is 48.8 Å². The third-order valence-electron chi connectivity index (χ3n) is 9.92. The number of aliphatic hydroxyl groups excluding tert-OH is 2. The maximum absolute atomic E-state index is 12.6. The number of carbonyl (C=O) groups excluding carboxylic acids is 1. The summed E-state index contributed by atoms with van der Waals surface area (Å²) in [5.74, 6) is -0.338. The maximum atomic E-state index is 12.6. The molecule has 312 valence electrons. The van der Waals surface area contributed by atoms with Crippen molar-refractivity contribution in [1.82, 2.24) is 5.32 Å². The van der Waals surface area contributed by atoms with Gasteiger partial charge in [-0.1, -0.05) is 121 Å². The van der Waals surface area contributed by atoms with Crippen molar-refractivity contribution < 1.29 is 57.6 Å². The predicted molar refractivity (Wildman–Crippen MR) is 212 cm³/mol. The molecule has 6 rings (SSSR count). The second-order valence-electron chi connectivity index (χ2n) is 14.2. The van der Waals surface area contributed by atoms with Crippen LogP contribution in [0, 0.1) is 0 Å². The Morgan fingerprint density at radius 3 is 1.55 bits per heavy atom. The average Bonchev–Trinajstić information content (AvgIpc) is 3.25. The third kappa shape index (κ3) is 12.5. The van der Waals surface area contributed by atoms with Crippen molar-refractivity contribution in [2.75, 3.05) is 33.5 Å². The number of ether oxygens (including phenoxy) is 9. The van der Waals surface area contributed by atoms with Crippen molar-refractivity contribution >= 4 is 5.91 Å². The molecule has 0 aliphatic carbocycles.